The lowest BCUT2D eigenvalue weighted by molar-refractivity contribution is 0.580. The molecule has 4 aromatic rings. The number of aryl methyl sites for hydroxylation is 2. The van der Waals surface area contributed by atoms with Crippen LogP contribution in [0.5, 0.6) is 0 Å². The molecule has 0 unspecified atom stereocenters. The van der Waals surface area contributed by atoms with Crippen molar-refractivity contribution in [2.24, 2.45) is 0 Å². The number of thiophene rings is 1. The maximum atomic E-state index is 13.4. The molecule has 154 valence electrons. The van der Waals surface area contributed by atoms with Crippen LogP contribution in [-0.4, -0.2) is 9.78 Å². The zero-order valence-electron chi connectivity index (χ0n) is 16.7. The number of aromatic nitrogens is 2. The Bertz CT molecular complexity index is 1180. The zero-order valence-corrected chi connectivity index (χ0v) is 17.6. The number of halogens is 2. The van der Waals surface area contributed by atoms with E-state index in [2.05, 4.69) is 37.4 Å². The smallest absolute Gasteiger partial charge is 0.126 e. The minimum Gasteiger partial charge on any atom is -0.397 e. The van der Waals surface area contributed by atoms with Gasteiger partial charge < -0.3 is 11.1 Å². The largest absolute Gasteiger partial charge is 0.397 e. The van der Waals surface area contributed by atoms with Crippen LogP contribution in [-0.2, 0) is 13.0 Å². The highest BCUT2D eigenvalue weighted by atomic mass is 32.1. The Morgan fingerprint density at radius 3 is 2.43 bits per heavy atom. The van der Waals surface area contributed by atoms with E-state index in [4.69, 9.17) is 10.8 Å². The van der Waals surface area contributed by atoms with Gasteiger partial charge in [0.05, 0.1) is 33.3 Å². The van der Waals surface area contributed by atoms with Gasteiger partial charge in [-0.25, -0.2) is 13.5 Å². The lowest BCUT2D eigenvalue weighted by Crippen LogP contribution is -2.05. The molecule has 0 amide bonds. The van der Waals surface area contributed by atoms with Gasteiger partial charge in [-0.1, -0.05) is 6.92 Å². The summed E-state index contributed by atoms with van der Waals surface area (Å²) in [6, 6.07) is 15.4. The second-order valence-corrected chi connectivity index (χ2v) is 8.39. The first-order valence-corrected chi connectivity index (χ1v) is 10.5. The van der Waals surface area contributed by atoms with E-state index in [1.807, 2.05) is 22.9 Å². The molecular formula is C23H22F2N4S. The van der Waals surface area contributed by atoms with E-state index < -0.39 is 11.6 Å². The van der Waals surface area contributed by atoms with Crippen LogP contribution in [0.25, 0.3) is 16.3 Å². The number of hydrogen-bond acceptors (Lipinski definition) is 4. The monoisotopic (exact) mass is 424 g/mol. The van der Waals surface area contributed by atoms with Crippen molar-refractivity contribution >= 4 is 22.7 Å². The highest BCUT2D eigenvalue weighted by Gasteiger charge is 2.14. The molecule has 2 aromatic carbocycles. The van der Waals surface area contributed by atoms with Crippen molar-refractivity contribution in [2.75, 3.05) is 11.1 Å². The van der Waals surface area contributed by atoms with Crippen LogP contribution in [0.3, 0.4) is 0 Å². The molecule has 0 radical (unpaired) electrons. The summed E-state index contributed by atoms with van der Waals surface area (Å²) in [7, 11) is 0. The van der Waals surface area contributed by atoms with E-state index in [0.717, 1.165) is 34.4 Å². The lowest BCUT2D eigenvalue weighted by atomic mass is 10.2. The summed E-state index contributed by atoms with van der Waals surface area (Å²) in [4.78, 5) is 2.39. The minimum absolute atomic E-state index is 0.264. The number of nitrogens with zero attached hydrogens (tertiary/aromatic N) is 2. The van der Waals surface area contributed by atoms with Crippen LogP contribution in [0.2, 0.25) is 0 Å². The highest BCUT2D eigenvalue weighted by molar-refractivity contribution is 7.15. The first-order chi connectivity index (χ1) is 14.4. The molecule has 0 spiro atoms. The van der Waals surface area contributed by atoms with Crippen LogP contribution in [0.1, 0.15) is 23.1 Å². The van der Waals surface area contributed by atoms with Gasteiger partial charge in [-0.05, 0) is 67.4 Å². The average Bonchev–Trinajstić information content (AvgIpc) is 3.32. The maximum Gasteiger partial charge on any atom is 0.126 e. The van der Waals surface area contributed by atoms with Crippen molar-refractivity contribution in [3.63, 3.8) is 0 Å². The van der Waals surface area contributed by atoms with E-state index in [0.29, 0.717) is 16.9 Å². The van der Waals surface area contributed by atoms with Gasteiger partial charge in [0, 0.05) is 17.5 Å². The second-order valence-electron chi connectivity index (χ2n) is 7.10. The van der Waals surface area contributed by atoms with Crippen LogP contribution in [0.15, 0.2) is 54.6 Å². The standard InChI is InChI=1S/C23H22F2N4S/c1-3-18-11-22(23-7-4-14(2)30-23)29(28-18)19-5-6-21(20(26)12-19)27-13-15-8-16(24)10-17(25)9-15/h4-12,27H,3,13,26H2,1-2H3. The van der Waals surface area contributed by atoms with Gasteiger partial charge in [0.25, 0.3) is 0 Å². The first-order valence-electron chi connectivity index (χ1n) is 9.67. The SMILES string of the molecule is CCc1cc(-c2ccc(C)s2)n(-c2ccc(NCc3cc(F)cc(F)c3)c(N)c2)n1. The Labute approximate surface area is 178 Å². The van der Waals surface area contributed by atoms with Crippen LogP contribution in [0, 0.1) is 18.6 Å². The average molecular weight is 425 g/mol. The van der Waals surface area contributed by atoms with E-state index in [1.54, 1.807) is 11.3 Å². The topological polar surface area (TPSA) is 55.9 Å². The van der Waals surface area contributed by atoms with Gasteiger partial charge in [-0.3, -0.25) is 0 Å². The third kappa shape index (κ3) is 4.21. The molecule has 2 heterocycles. The molecule has 0 saturated carbocycles. The van der Waals surface area contributed by atoms with E-state index in [9.17, 15) is 8.78 Å². The van der Waals surface area contributed by atoms with Gasteiger partial charge in [-0.15, -0.1) is 11.3 Å². The molecule has 4 nitrogen and oxygen atoms in total. The third-order valence-electron chi connectivity index (χ3n) is 4.80. The number of nitrogens with two attached hydrogens (primary N) is 1. The molecule has 0 aliphatic heterocycles. The summed E-state index contributed by atoms with van der Waals surface area (Å²) in [5.41, 5.74) is 10.9. The van der Waals surface area contributed by atoms with E-state index in [-0.39, 0.29) is 6.54 Å². The molecule has 3 N–H and O–H groups in total. The Hall–Kier alpha value is -3.19. The predicted molar refractivity (Wildman–Crippen MR) is 119 cm³/mol. The molecule has 30 heavy (non-hydrogen) atoms. The highest BCUT2D eigenvalue weighted by Crippen LogP contribution is 2.32. The molecule has 4 rings (SSSR count). The molecule has 7 heteroatoms. The zero-order chi connectivity index (χ0) is 21.3. The number of nitrogen functional groups attached to an aromatic ring is 1. The molecule has 0 saturated heterocycles. The molecule has 0 aliphatic rings. The van der Waals surface area contributed by atoms with Crippen molar-refractivity contribution < 1.29 is 8.78 Å². The Balaban J connectivity index is 1.61. The predicted octanol–water partition coefficient (Wildman–Crippen LogP) is 5.94. The summed E-state index contributed by atoms with van der Waals surface area (Å²) in [6.45, 7) is 4.42. The lowest BCUT2D eigenvalue weighted by Gasteiger charge is -2.13. The second kappa shape index (κ2) is 8.28. The van der Waals surface area contributed by atoms with Crippen molar-refractivity contribution in [3.05, 3.63) is 82.4 Å². The summed E-state index contributed by atoms with van der Waals surface area (Å²) in [5.74, 6) is -1.20. The van der Waals surface area contributed by atoms with Crippen molar-refractivity contribution in [1.29, 1.82) is 0 Å². The van der Waals surface area contributed by atoms with Crippen molar-refractivity contribution in [2.45, 2.75) is 26.8 Å². The van der Waals surface area contributed by atoms with Crippen LogP contribution in [0.4, 0.5) is 20.2 Å². The summed E-state index contributed by atoms with van der Waals surface area (Å²) >= 11 is 1.72. The molecule has 2 aromatic heterocycles. The van der Waals surface area contributed by atoms with Crippen LogP contribution >= 0.6 is 11.3 Å². The van der Waals surface area contributed by atoms with Gasteiger partial charge in [0.1, 0.15) is 11.6 Å². The van der Waals surface area contributed by atoms with Crippen molar-refractivity contribution in [3.8, 4) is 16.3 Å². The molecular weight excluding hydrogens is 402 g/mol. The van der Waals surface area contributed by atoms with Gasteiger partial charge in [0.15, 0.2) is 0 Å². The molecule has 0 bridgehead atoms. The Morgan fingerprint density at radius 2 is 1.80 bits per heavy atom. The number of anilines is 2. The van der Waals surface area contributed by atoms with Gasteiger partial charge >= 0.3 is 0 Å². The Morgan fingerprint density at radius 1 is 1.03 bits per heavy atom. The fraction of sp³-hybridized carbons (Fsp3) is 0.174. The first kappa shape index (κ1) is 20.1. The quantitative estimate of drug-likeness (QED) is 0.376. The number of nitrogens with one attached hydrogen (secondary N) is 1. The molecule has 0 aliphatic carbocycles. The minimum atomic E-state index is -0.600. The van der Waals surface area contributed by atoms with Crippen molar-refractivity contribution in [1.82, 2.24) is 9.78 Å². The maximum absolute atomic E-state index is 13.4. The molecule has 0 fully saturated rings. The fourth-order valence-electron chi connectivity index (χ4n) is 3.30. The Kier molecular flexibility index (Phi) is 5.55. The van der Waals surface area contributed by atoms with Gasteiger partial charge in [-0.2, -0.15) is 5.10 Å². The summed E-state index contributed by atoms with van der Waals surface area (Å²) in [6.07, 6.45) is 0.837. The van der Waals surface area contributed by atoms with E-state index in [1.165, 1.54) is 17.0 Å². The van der Waals surface area contributed by atoms with E-state index >= 15 is 0 Å². The number of benzene rings is 2. The number of hydrogen-bond donors (Lipinski definition) is 2. The number of rotatable bonds is 6. The molecule has 0 atom stereocenters. The van der Waals surface area contributed by atoms with Gasteiger partial charge in [0.2, 0.25) is 0 Å². The summed E-state index contributed by atoms with van der Waals surface area (Å²) in [5, 5.41) is 7.87. The normalized spacial score (nSPS) is 11.1. The van der Waals surface area contributed by atoms with Crippen LogP contribution < -0.4 is 11.1 Å². The summed E-state index contributed by atoms with van der Waals surface area (Å²) < 4.78 is 28.7. The fourth-order valence-corrected chi connectivity index (χ4v) is 4.17. The third-order valence-corrected chi connectivity index (χ3v) is 5.82.